The van der Waals surface area contributed by atoms with Crippen LogP contribution in [0.5, 0.6) is 0 Å². The van der Waals surface area contributed by atoms with E-state index in [0.717, 1.165) is 25.2 Å². The molecule has 0 heterocycles. The van der Waals surface area contributed by atoms with Gasteiger partial charge >= 0.3 is 0 Å². The van der Waals surface area contributed by atoms with Crippen LogP contribution in [-0.2, 0) is 6.42 Å². The molecule has 0 bridgehead atoms. The summed E-state index contributed by atoms with van der Waals surface area (Å²) in [5.74, 6) is 1.41. The molecule has 1 aromatic rings. The molecule has 0 aromatic heterocycles. The minimum atomic E-state index is -0.232. The van der Waals surface area contributed by atoms with Crippen LogP contribution < -0.4 is 0 Å². The lowest BCUT2D eigenvalue weighted by atomic mass is 9.77. The van der Waals surface area contributed by atoms with Crippen molar-refractivity contribution in [3.63, 3.8) is 0 Å². The highest BCUT2D eigenvalue weighted by Gasteiger charge is 2.21. The topological polar surface area (TPSA) is 0 Å². The van der Waals surface area contributed by atoms with Crippen LogP contribution in [0.15, 0.2) is 24.3 Å². The minimum absolute atomic E-state index is 0.166. The Morgan fingerprint density at radius 2 is 1.50 bits per heavy atom. The second-order valence-electron chi connectivity index (χ2n) is 6.08. The predicted octanol–water partition coefficient (Wildman–Crippen LogP) is 5.61. The van der Waals surface area contributed by atoms with Crippen molar-refractivity contribution in [2.24, 2.45) is 5.92 Å². The first-order valence-corrected chi connectivity index (χ1v) is 8.04. The number of alkyl halides is 2. The molecule has 1 aliphatic rings. The summed E-state index contributed by atoms with van der Waals surface area (Å²) in [6, 6.07) is 8.75. The SMILES string of the molecule is FCCCc1ccc([C@H]2CC[C@H](CCCF)CC2)cc1. The van der Waals surface area contributed by atoms with E-state index in [1.54, 1.807) is 0 Å². The van der Waals surface area contributed by atoms with Gasteiger partial charge in [0.15, 0.2) is 0 Å². The Hall–Kier alpha value is -0.920. The molecule has 2 heteroatoms. The molecule has 0 aliphatic heterocycles. The van der Waals surface area contributed by atoms with Crippen molar-refractivity contribution in [3.05, 3.63) is 35.4 Å². The largest absolute Gasteiger partial charge is 0.251 e. The Labute approximate surface area is 121 Å². The molecule has 0 atom stereocenters. The molecule has 2 rings (SSSR count). The summed E-state index contributed by atoms with van der Waals surface area (Å²) < 4.78 is 24.3. The smallest absolute Gasteiger partial charge is 0.0897 e. The molecular formula is C18H26F2. The van der Waals surface area contributed by atoms with Gasteiger partial charge in [0.25, 0.3) is 0 Å². The Morgan fingerprint density at radius 3 is 2.10 bits per heavy atom. The molecule has 0 spiro atoms. The normalized spacial score (nSPS) is 22.9. The molecule has 1 aromatic carbocycles. The van der Waals surface area contributed by atoms with E-state index in [1.807, 2.05) is 0 Å². The monoisotopic (exact) mass is 280 g/mol. The lowest BCUT2D eigenvalue weighted by Gasteiger charge is -2.28. The third-order valence-electron chi connectivity index (χ3n) is 4.64. The van der Waals surface area contributed by atoms with Gasteiger partial charge in [0.05, 0.1) is 13.3 Å². The molecule has 0 saturated heterocycles. The van der Waals surface area contributed by atoms with E-state index in [-0.39, 0.29) is 13.3 Å². The molecule has 20 heavy (non-hydrogen) atoms. The quantitative estimate of drug-likeness (QED) is 0.608. The Morgan fingerprint density at radius 1 is 0.850 bits per heavy atom. The predicted molar refractivity (Wildman–Crippen MR) is 80.6 cm³/mol. The number of halogens is 2. The summed E-state index contributed by atoms with van der Waals surface area (Å²) in [7, 11) is 0. The summed E-state index contributed by atoms with van der Waals surface area (Å²) >= 11 is 0. The van der Waals surface area contributed by atoms with Crippen LogP contribution in [0.2, 0.25) is 0 Å². The zero-order valence-electron chi connectivity index (χ0n) is 12.3. The van der Waals surface area contributed by atoms with E-state index in [9.17, 15) is 8.78 Å². The number of aryl methyl sites for hydroxylation is 1. The molecule has 1 fully saturated rings. The van der Waals surface area contributed by atoms with Crippen LogP contribution in [0.1, 0.15) is 62.0 Å². The highest BCUT2D eigenvalue weighted by molar-refractivity contribution is 5.25. The van der Waals surface area contributed by atoms with Gasteiger partial charge in [0, 0.05) is 0 Å². The third kappa shape index (κ3) is 4.57. The molecule has 0 amide bonds. The lowest BCUT2D eigenvalue weighted by Crippen LogP contribution is -2.13. The van der Waals surface area contributed by atoms with Crippen LogP contribution in [0, 0.1) is 5.92 Å². The average molecular weight is 280 g/mol. The summed E-state index contributed by atoms with van der Waals surface area (Å²) in [5, 5.41) is 0. The number of benzene rings is 1. The van der Waals surface area contributed by atoms with Gasteiger partial charge in [0.1, 0.15) is 0 Å². The fourth-order valence-electron chi connectivity index (χ4n) is 3.38. The fourth-order valence-corrected chi connectivity index (χ4v) is 3.38. The summed E-state index contributed by atoms with van der Waals surface area (Å²) in [6.07, 6.45) is 8.22. The van der Waals surface area contributed by atoms with Crippen molar-refractivity contribution < 1.29 is 8.78 Å². The summed E-state index contributed by atoms with van der Waals surface area (Å²) in [5.41, 5.74) is 2.67. The molecule has 0 unspecified atom stereocenters. The molecular weight excluding hydrogens is 254 g/mol. The van der Waals surface area contributed by atoms with Crippen LogP contribution in [0.25, 0.3) is 0 Å². The summed E-state index contributed by atoms with van der Waals surface area (Å²) in [6.45, 7) is -0.398. The maximum absolute atomic E-state index is 12.2. The van der Waals surface area contributed by atoms with E-state index in [0.29, 0.717) is 12.3 Å². The van der Waals surface area contributed by atoms with Crippen molar-refractivity contribution in [2.75, 3.05) is 13.3 Å². The van der Waals surface area contributed by atoms with Crippen LogP contribution in [0.3, 0.4) is 0 Å². The van der Waals surface area contributed by atoms with Gasteiger partial charge in [-0.2, -0.15) is 0 Å². The average Bonchev–Trinajstić information content (AvgIpc) is 2.52. The second-order valence-corrected chi connectivity index (χ2v) is 6.08. The van der Waals surface area contributed by atoms with Gasteiger partial charge in [0.2, 0.25) is 0 Å². The van der Waals surface area contributed by atoms with Crippen molar-refractivity contribution in [3.8, 4) is 0 Å². The Bertz CT molecular complexity index is 364. The van der Waals surface area contributed by atoms with E-state index < -0.39 is 0 Å². The molecule has 1 aliphatic carbocycles. The van der Waals surface area contributed by atoms with Crippen LogP contribution >= 0.6 is 0 Å². The minimum Gasteiger partial charge on any atom is -0.251 e. The number of hydrogen-bond acceptors (Lipinski definition) is 0. The summed E-state index contributed by atoms with van der Waals surface area (Å²) in [4.78, 5) is 0. The molecule has 112 valence electrons. The van der Waals surface area contributed by atoms with E-state index >= 15 is 0 Å². The lowest BCUT2D eigenvalue weighted by molar-refractivity contribution is 0.293. The number of hydrogen-bond donors (Lipinski definition) is 0. The highest BCUT2D eigenvalue weighted by atomic mass is 19.1. The number of rotatable bonds is 7. The van der Waals surface area contributed by atoms with Crippen LogP contribution in [-0.4, -0.2) is 13.3 Å². The van der Waals surface area contributed by atoms with Gasteiger partial charge in [-0.05, 0) is 74.3 Å². The van der Waals surface area contributed by atoms with Gasteiger partial charge in [-0.3, -0.25) is 8.78 Å². The maximum Gasteiger partial charge on any atom is 0.0897 e. The zero-order chi connectivity index (χ0) is 14.2. The maximum atomic E-state index is 12.2. The van der Waals surface area contributed by atoms with E-state index in [2.05, 4.69) is 24.3 Å². The van der Waals surface area contributed by atoms with Crippen molar-refractivity contribution in [2.45, 2.75) is 57.3 Å². The van der Waals surface area contributed by atoms with E-state index in [4.69, 9.17) is 0 Å². The van der Waals surface area contributed by atoms with Gasteiger partial charge in [-0.25, -0.2) is 0 Å². The zero-order valence-corrected chi connectivity index (χ0v) is 12.3. The molecule has 0 radical (unpaired) electrons. The van der Waals surface area contributed by atoms with Crippen molar-refractivity contribution in [1.29, 1.82) is 0 Å². The van der Waals surface area contributed by atoms with Crippen molar-refractivity contribution >= 4 is 0 Å². The standard InChI is InChI=1S/C18H26F2/c19-13-1-3-15-5-9-17(10-6-15)18-11-7-16(8-12-18)4-2-14-20/h5-6,9-10,16,18H,1-4,7-8,11-14H2/t16-,18-. The first kappa shape index (κ1) is 15.5. The van der Waals surface area contributed by atoms with Gasteiger partial charge in [-0.15, -0.1) is 0 Å². The third-order valence-corrected chi connectivity index (χ3v) is 4.64. The molecule has 0 N–H and O–H groups in total. The Kier molecular flexibility index (Phi) is 6.49. The first-order chi connectivity index (χ1) is 9.83. The highest BCUT2D eigenvalue weighted by Crippen LogP contribution is 2.37. The van der Waals surface area contributed by atoms with Gasteiger partial charge < -0.3 is 0 Å². The second kappa shape index (κ2) is 8.39. The first-order valence-electron chi connectivity index (χ1n) is 8.04. The van der Waals surface area contributed by atoms with Gasteiger partial charge in [-0.1, -0.05) is 24.3 Å². The Balaban J connectivity index is 1.81. The molecule has 1 saturated carbocycles. The fraction of sp³-hybridized carbons (Fsp3) is 0.667. The van der Waals surface area contributed by atoms with Crippen molar-refractivity contribution in [1.82, 2.24) is 0 Å². The van der Waals surface area contributed by atoms with Crippen LogP contribution in [0.4, 0.5) is 8.78 Å². The van der Waals surface area contributed by atoms with E-state index in [1.165, 1.54) is 36.8 Å². The molecule has 0 nitrogen and oxygen atoms in total.